The van der Waals surface area contributed by atoms with Crippen molar-refractivity contribution in [1.82, 2.24) is 14.5 Å². The number of hydrogen-bond donors (Lipinski definition) is 1. The van der Waals surface area contributed by atoms with Crippen molar-refractivity contribution in [3.05, 3.63) is 37.1 Å². The minimum Gasteiger partial charge on any atom is -0.361 e. The molecule has 3 heterocycles. The number of anilines is 2. The van der Waals surface area contributed by atoms with Gasteiger partial charge in [-0.1, -0.05) is 0 Å². The minimum absolute atomic E-state index is 0.0886. The quantitative estimate of drug-likeness (QED) is 0.893. The highest BCUT2D eigenvalue weighted by Crippen LogP contribution is 2.32. The molecule has 2 aromatic heterocycles. The number of nitrogens with zero attached hydrogens (tertiary/aromatic N) is 4. The summed E-state index contributed by atoms with van der Waals surface area (Å²) in [5.74, 6) is 0.904. The monoisotopic (exact) mass is 261 g/mol. The van der Waals surface area contributed by atoms with Crippen LogP contribution in [0.4, 0.5) is 15.9 Å². The molecular weight excluding hydrogens is 245 g/mol. The van der Waals surface area contributed by atoms with Crippen LogP contribution in [-0.2, 0) is 6.54 Å². The van der Waals surface area contributed by atoms with E-state index in [9.17, 15) is 4.39 Å². The molecule has 0 amide bonds. The average molecular weight is 261 g/mol. The summed E-state index contributed by atoms with van der Waals surface area (Å²) in [4.78, 5) is 10.6. The van der Waals surface area contributed by atoms with Gasteiger partial charge in [-0.05, 0) is 18.6 Å². The second-order valence-electron chi connectivity index (χ2n) is 4.53. The van der Waals surface area contributed by atoms with Gasteiger partial charge in [0.05, 0.1) is 25.2 Å². The van der Waals surface area contributed by atoms with Crippen LogP contribution in [0.5, 0.6) is 0 Å². The second-order valence-corrected chi connectivity index (χ2v) is 4.53. The van der Waals surface area contributed by atoms with E-state index < -0.39 is 0 Å². The van der Waals surface area contributed by atoms with E-state index in [-0.39, 0.29) is 12.8 Å². The number of aromatic nitrogens is 3. The summed E-state index contributed by atoms with van der Waals surface area (Å²) in [5, 5.41) is 3.42. The zero-order valence-electron chi connectivity index (χ0n) is 10.5. The molecular formula is C13H16FN5. The normalized spacial score (nSPS) is 17.3. The van der Waals surface area contributed by atoms with Gasteiger partial charge < -0.3 is 14.8 Å². The molecule has 5 nitrogen and oxygen atoms in total. The fraction of sp³-hybridized carbons (Fsp3) is 0.385. The smallest absolute Gasteiger partial charge is 0.153 e. The van der Waals surface area contributed by atoms with Crippen LogP contribution >= 0.6 is 0 Å². The van der Waals surface area contributed by atoms with E-state index in [1.807, 2.05) is 22.9 Å². The number of alkyl halides is 1. The molecule has 0 saturated carbocycles. The summed E-state index contributed by atoms with van der Waals surface area (Å²) in [7, 11) is 0. The lowest BCUT2D eigenvalue weighted by Gasteiger charge is -2.25. The number of rotatable bonds is 5. The molecule has 0 bridgehead atoms. The van der Waals surface area contributed by atoms with Gasteiger partial charge in [0, 0.05) is 25.1 Å². The lowest BCUT2D eigenvalue weighted by atomic mass is 10.3. The van der Waals surface area contributed by atoms with E-state index in [0.717, 1.165) is 18.1 Å². The number of hydrogen-bond acceptors (Lipinski definition) is 4. The van der Waals surface area contributed by atoms with E-state index in [0.29, 0.717) is 13.0 Å². The molecule has 1 atom stereocenters. The third-order valence-corrected chi connectivity index (χ3v) is 3.23. The predicted octanol–water partition coefficient (Wildman–Crippen LogP) is 1.90. The van der Waals surface area contributed by atoms with E-state index in [1.165, 1.54) is 0 Å². The Bertz CT molecular complexity index is 526. The maximum Gasteiger partial charge on any atom is 0.153 e. The number of halogens is 1. The zero-order chi connectivity index (χ0) is 13.1. The first-order chi connectivity index (χ1) is 9.38. The molecule has 19 heavy (non-hydrogen) atoms. The molecule has 3 rings (SSSR count). The molecule has 2 aromatic rings. The van der Waals surface area contributed by atoms with E-state index in [2.05, 4.69) is 20.2 Å². The summed E-state index contributed by atoms with van der Waals surface area (Å²) < 4.78 is 14.5. The van der Waals surface area contributed by atoms with Crippen molar-refractivity contribution < 1.29 is 4.39 Å². The summed E-state index contributed by atoms with van der Waals surface area (Å²) in [6, 6.07) is 3.90. The van der Waals surface area contributed by atoms with Gasteiger partial charge >= 0.3 is 0 Å². The third kappa shape index (κ3) is 2.38. The maximum atomic E-state index is 12.4. The van der Waals surface area contributed by atoms with Crippen LogP contribution in [0, 0.1) is 0 Å². The highest BCUT2D eigenvalue weighted by Gasteiger charge is 2.29. The van der Waals surface area contributed by atoms with Crippen LogP contribution in [0.3, 0.4) is 0 Å². The van der Waals surface area contributed by atoms with E-state index in [4.69, 9.17) is 0 Å². The number of pyridine rings is 1. The highest BCUT2D eigenvalue weighted by molar-refractivity contribution is 5.71. The fourth-order valence-corrected chi connectivity index (χ4v) is 2.37. The topological polar surface area (TPSA) is 46.0 Å². The molecule has 0 aromatic carbocycles. The Morgan fingerprint density at radius 2 is 2.32 bits per heavy atom. The third-order valence-electron chi connectivity index (χ3n) is 3.23. The molecule has 6 heteroatoms. The van der Waals surface area contributed by atoms with Gasteiger partial charge in [0.1, 0.15) is 6.17 Å². The Morgan fingerprint density at radius 3 is 3.11 bits per heavy atom. The Kier molecular flexibility index (Phi) is 3.31. The molecule has 0 spiro atoms. The Labute approximate surface area is 111 Å². The summed E-state index contributed by atoms with van der Waals surface area (Å²) in [6.07, 6.45) is 7.83. The first-order valence-corrected chi connectivity index (χ1v) is 6.38. The first kappa shape index (κ1) is 12.0. The van der Waals surface area contributed by atoms with Gasteiger partial charge in [0.2, 0.25) is 0 Å². The van der Waals surface area contributed by atoms with Crippen molar-refractivity contribution in [1.29, 1.82) is 0 Å². The second kappa shape index (κ2) is 5.26. The SMILES string of the molecule is FCCCN1c2ncccc2NC1Cn1ccnc1. The highest BCUT2D eigenvalue weighted by atomic mass is 19.1. The van der Waals surface area contributed by atoms with Crippen LogP contribution < -0.4 is 10.2 Å². The van der Waals surface area contributed by atoms with Crippen molar-refractivity contribution in [2.45, 2.75) is 19.1 Å². The zero-order valence-corrected chi connectivity index (χ0v) is 10.5. The van der Waals surface area contributed by atoms with Gasteiger partial charge in [0.15, 0.2) is 5.82 Å². The van der Waals surface area contributed by atoms with Crippen molar-refractivity contribution >= 4 is 11.5 Å². The minimum atomic E-state index is -0.309. The Hall–Kier alpha value is -2.11. The van der Waals surface area contributed by atoms with Crippen molar-refractivity contribution in [3.63, 3.8) is 0 Å². The van der Waals surface area contributed by atoms with Crippen LogP contribution in [0.2, 0.25) is 0 Å². The molecule has 0 aliphatic carbocycles. The van der Waals surface area contributed by atoms with Crippen LogP contribution in [0.1, 0.15) is 6.42 Å². The lowest BCUT2D eigenvalue weighted by Crippen LogP contribution is -2.40. The molecule has 0 radical (unpaired) electrons. The van der Waals surface area contributed by atoms with Crippen molar-refractivity contribution in [3.8, 4) is 0 Å². The van der Waals surface area contributed by atoms with Crippen molar-refractivity contribution in [2.24, 2.45) is 0 Å². The Morgan fingerprint density at radius 1 is 1.37 bits per heavy atom. The maximum absolute atomic E-state index is 12.4. The van der Waals surface area contributed by atoms with E-state index in [1.54, 1.807) is 18.7 Å². The fourth-order valence-electron chi connectivity index (χ4n) is 2.37. The van der Waals surface area contributed by atoms with Gasteiger partial charge in [-0.3, -0.25) is 4.39 Å². The molecule has 1 aliphatic heterocycles. The number of nitrogens with one attached hydrogen (secondary N) is 1. The van der Waals surface area contributed by atoms with Crippen LogP contribution in [-0.4, -0.2) is 33.9 Å². The van der Waals surface area contributed by atoms with Gasteiger partial charge in [-0.25, -0.2) is 9.97 Å². The molecule has 1 unspecified atom stereocenters. The largest absolute Gasteiger partial charge is 0.361 e. The van der Waals surface area contributed by atoms with Gasteiger partial charge in [-0.2, -0.15) is 0 Å². The summed E-state index contributed by atoms with van der Waals surface area (Å²) >= 11 is 0. The molecule has 1 N–H and O–H groups in total. The first-order valence-electron chi connectivity index (χ1n) is 6.38. The van der Waals surface area contributed by atoms with Gasteiger partial charge in [0.25, 0.3) is 0 Å². The molecule has 100 valence electrons. The predicted molar refractivity (Wildman–Crippen MR) is 71.8 cm³/mol. The summed E-state index contributed by atoms with van der Waals surface area (Å²) in [5.41, 5.74) is 1.01. The number of imidazole rings is 1. The lowest BCUT2D eigenvalue weighted by molar-refractivity contribution is 0.459. The van der Waals surface area contributed by atoms with Gasteiger partial charge in [-0.15, -0.1) is 0 Å². The molecule has 0 saturated heterocycles. The Balaban J connectivity index is 1.80. The van der Waals surface area contributed by atoms with Crippen LogP contribution in [0.25, 0.3) is 0 Å². The average Bonchev–Trinajstić information content (AvgIpc) is 3.04. The van der Waals surface area contributed by atoms with Crippen LogP contribution in [0.15, 0.2) is 37.1 Å². The molecule has 0 fully saturated rings. The van der Waals surface area contributed by atoms with E-state index >= 15 is 0 Å². The number of fused-ring (bicyclic) bond motifs is 1. The summed E-state index contributed by atoms with van der Waals surface area (Å²) in [6.45, 7) is 1.10. The van der Waals surface area contributed by atoms with Crippen molar-refractivity contribution in [2.75, 3.05) is 23.4 Å². The molecule has 1 aliphatic rings. The standard InChI is InChI=1S/C13H16FN5/c14-4-2-7-19-12(9-18-8-6-15-10-18)17-11-3-1-5-16-13(11)19/h1,3,5-6,8,10,12,17H,2,4,7,9H2.